The summed E-state index contributed by atoms with van der Waals surface area (Å²) in [7, 11) is 0. The van der Waals surface area contributed by atoms with E-state index in [1.54, 1.807) is 34.8 Å². The van der Waals surface area contributed by atoms with Gasteiger partial charge in [0.05, 0.1) is 34.3 Å². The van der Waals surface area contributed by atoms with Gasteiger partial charge in [-0.2, -0.15) is 38.5 Å². The van der Waals surface area contributed by atoms with Crippen molar-refractivity contribution in [2.45, 2.75) is 31.6 Å². The predicted octanol–water partition coefficient (Wildman–Crippen LogP) is 21.4. The molecule has 2 aliphatic rings. The number of hydrogen-bond acceptors (Lipinski definition) is 14. The van der Waals surface area contributed by atoms with E-state index in [0.717, 1.165) is 65.1 Å². The molecule has 14 heteroatoms. The van der Waals surface area contributed by atoms with Crippen LogP contribution in [0, 0.1) is 66.1 Å². The molecule has 93 heavy (non-hydrogen) atoms. The molecule has 8 nitrogen and oxygen atoms in total. The Bertz CT molecular complexity index is 5830. The van der Waals surface area contributed by atoms with Gasteiger partial charge in [0, 0.05) is 72.0 Å². The van der Waals surface area contributed by atoms with Crippen molar-refractivity contribution in [1.29, 1.82) is 21.0 Å². The quantitative estimate of drug-likeness (QED) is 0.123. The summed E-state index contributed by atoms with van der Waals surface area (Å²) < 4.78 is 21.2. The molecule has 15 aromatic rings. The van der Waals surface area contributed by atoms with Crippen molar-refractivity contribution in [3.05, 3.63) is 284 Å². The highest BCUT2D eigenvalue weighted by atomic mass is 32.1. The monoisotopic (exact) mass is 1300 g/mol. The van der Waals surface area contributed by atoms with E-state index >= 15 is 0 Å². The first-order valence-electron chi connectivity index (χ1n) is 30.0. The van der Waals surface area contributed by atoms with E-state index in [9.17, 15) is 21.0 Å². The van der Waals surface area contributed by atoms with Crippen LogP contribution in [0.2, 0.25) is 0 Å². The molecule has 2 aliphatic carbocycles. The number of allylic oxidation sites excluding steroid dienone is 2. The van der Waals surface area contributed by atoms with Crippen molar-refractivity contribution in [1.82, 2.24) is 17.5 Å². The lowest BCUT2D eigenvalue weighted by molar-refractivity contribution is 0.758. The molecule has 1 unspecified atom stereocenters. The Morgan fingerprint density at radius 1 is 0.344 bits per heavy atom. The lowest BCUT2D eigenvalue weighted by Gasteiger charge is -2.35. The second kappa shape index (κ2) is 21.8. The maximum atomic E-state index is 9.58. The number of nitrogens with zero attached hydrogens (tertiary/aromatic N) is 8. The summed E-state index contributed by atoms with van der Waals surface area (Å²) in [5.41, 5.74) is 23.1. The Hall–Kier alpha value is -10.6. The van der Waals surface area contributed by atoms with E-state index < -0.39 is 10.8 Å². The van der Waals surface area contributed by atoms with Crippen LogP contribution in [0.15, 0.2) is 211 Å². The van der Waals surface area contributed by atoms with Gasteiger partial charge in [-0.1, -0.05) is 168 Å². The first kappa shape index (κ1) is 56.4. The van der Waals surface area contributed by atoms with Crippen LogP contribution in [0.4, 0.5) is 0 Å². The Morgan fingerprint density at radius 3 is 1.12 bits per heavy atom. The van der Waals surface area contributed by atoms with E-state index in [-0.39, 0.29) is 11.1 Å². The molecule has 9 aromatic carbocycles. The summed E-state index contributed by atoms with van der Waals surface area (Å²) in [6.45, 7) is 6.51. The van der Waals surface area contributed by atoms with Crippen LogP contribution >= 0.6 is 68.8 Å². The third kappa shape index (κ3) is 8.52. The van der Waals surface area contributed by atoms with Gasteiger partial charge in [0.25, 0.3) is 0 Å². The number of fused-ring (bicyclic) bond motifs is 12. The van der Waals surface area contributed by atoms with Crippen LogP contribution in [0.1, 0.15) is 72.3 Å². The predicted molar refractivity (Wildman–Crippen MR) is 384 cm³/mol. The highest BCUT2D eigenvalue weighted by molar-refractivity contribution is 7.28. The summed E-state index contributed by atoms with van der Waals surface area (Å²) in [6.07, 6.45) is 3.17. The van der Waals surface area contributed by atoms with Crippen LogP contribution < -0.4 is 0 Å². The van der Waals surface area contributed by atoms with Gasteiger partial charge in [-0.05, 0) is 148 Å². The van der Waals surface area contributed by atoms with Crippen molar-refractivity contribution in [3.8, 4) is 86.9 Å². The maximum Gasteiger partial charge on any atom is 0.130 e. The van der Waals surface area contributed by atoms with Crippen LogP contribution in [-0.2, 0) is 10.8 Å². The summed E-state index contributed by atoms with van der Waals surface area (Å²) in [6, 6.07) is 83.0. The SMILES string of the molecule is Cc1ccc(C2(c3ccccc3)c3cc4c(cc3-c3c2ccc2cc(-c5ccc(-c6ccc(C=C(C#N)C#N)c7nsnc67)s5)sc32)C(c2ccc(C)cc2)(c2ccc(C)cc2)c2ccc3cc(-c5ccc(-c6ccc(C=C(C#N)C#N)c7nsnc67)s5)sc3c2-4)cc1. The molecule has 17 rings (SSSR count). The summed E-state index contributed by atoms with van der Waals surface area (Å²) in [5.74, 6) is 0. The van der Waals surface area contributed by atoms with Gasteiger partial charge in [0.2, 0.25) is 0 Å². The van der Waals surface area contributed by atoms with Crippen molar-refractivity contribution < 1.29 is 0 Å². The molecule has 0 saturated heterocycles. The zero-order valence-electron chi connectivity index (χ0n) is 49.7. The fraction of sp³-hybridized carbons (Fsp3) is 0.0633. The molecule has 1 atom stereocenters. The third-order valence-electron chi connectivity index (χ3n) is 18.5. The van der Waals surface area contributed by atoms with Gasteiger partial charge in [0.1, 0.15) is 57.5 Å². The first-order valence-corrected chi connectivity index (χ1v) is 34.7. The number of rotatable bonds is 10. The van der Waals surface area contributed by atoms with Crippen LogP contribution in [0.3, 0.4) is 0 Å². The van der Waals surface area contributed by atoms with Gasteiger partial charge < -0.3 is 0 Å². The molecule has 0 aliphatic heterocycles. The number of thiophene rings is 4. The molecule has 0 saturated carbocycles. The Kier molecular flexibility index (Phi) is 13.2. The van der Waals surface area contributed by atoms with Crippen LogP contribution in [-0.4, -0.2) is 17.5 Å². The van der Waals surface area contributed by atoms with Gasteiger partial charge >= 0.3 is 0 Å². The smallest absolute Gasteiger partial charge is 0.130 e. The Balaban J connectivity index is 0.903. The van der Waals surface area contributed by atoms with Crippen molar-refractivity contribution >= 4 is 123 Å². The topological polar surface area (TPSA) is 147 Å². The molecule has 0 amide bonds. The lowest BCUT2D eigenvalue weighted by atomic mass is 9.65. The number of aromatic nitrogens is 4. The van der Waals surface area contributed by atoms with Gasteiger partial charge in [-0.3, -0.25) is 0 Å². The number of benzene rings is 9. The molecular formula is C79H44N8S6. The minimum absolute atomic E-state index is 0.0167. The summed E-state index contributed by atoms with van der Waals surface area (Å²) in [5, 5.41) is 40.7. The molecule has 6 aromatic heterocycles. The highest BCUT2D eigenvalue weighted by Crippen LogP contribution is 2.66. The van der Waals surface area contributed by atoms with E-state index in [4.69, 9.17) is 8.75 Å². The molecular weight excluding hydrogens is 1250 g/mol. The Morgan fingerprint density at radius 2 is 0.720 bits per heavy atom. The van der Waals surface area contributed by atoms with Gasteiger partial charge in [0.15, 0.2) is 0 Å². The standard InChI is InChI=1S/C79H44N8S6/c1-43-9-19-53(20-10-43)78(52-7-5-4-6-8-52)60-27-17-50-35-68(66-31-29-64(88-66)56-25-15-48(33-46(39-80)40-81)72-74(56)86-92-84-72)90-76(50)70(60)58-38-63-59(37-62(58)78)71-61(79(63,54-21-11-44(2)12-22-54)55-23-13-45(3)14-24-55)28-18-51-36-69(91-77(51)71)67-32-30-65(89-67)57-26-16-49(34-47(41-82)42-83)73-75(57)87-93-85-73/h4-38H,1-3H3. The first-order chi connectivity index (χ1) is 45.6. The highest BCUT2D eigenvalue weighted by Gasteiger charge is 2.52. The van der Waals surface area contributed by atoms with E-state index in [2.05, 4.69) is 205 Å². The summed E-state index contributed by atoms with van der Waals surface area (Å²) >= 11 is 9.43. The van der Waals surface area contributed by atoms with Crippen molar-refractivity contribution in [3.63, 3.8) is 0 Å². The fourth-order valence-electron chi connectivity index (χ4n) is 14.3. The third-order valence-corrected chi connectivity index (χ3v) is 24.6. The fourth-order valence-corrected chi connectivity index (χ4v) is 20.2. The average molecular weight is 1300 g/mol. The van der Waals surface area contributed by atoms with Gasteiger partial charge in [-0.15, -0.1) is 45.3 Å². The molecule has 436 valence electrons. The average Bonchev–Trinajstić information content (AvgIpc) is 1.52. The lowest BCUT2D eigenvalue weighted by Crippen LogP contribution is -2.30. The largest absolute Gasteiger partial charge is 0.192 e. The zero-order valence-corrected chi connectivity index (χ0v) is 54.6. The minimum Gasteiger partial charge on any atom is -0.192 e. The van der Waals surface area contributed by atoms with E-state index in [1.165, 1.54) is 113 Å². The van der Waals surface area contributed by atoms with E-state index in [1.807, 2.05) is 71.2 Å². The molecule has 0 radical (unpaired) electrons. The molecule has 0 N–H and O–H groups in total. The van der Waals surface area contributed by atoms with Crippen molar-refractivity contribution in [2.24, 2.45) is 0 Å². The molecule has 6 heterocycles. The number of aryl methyl sites for hydroxylation is 3. The van der Waals surface area contributed by atoms with Crippen LogP contribution in [0.25, 0.3) is 117 Å². The molecule has 0 bridgehead atoms. The number of nitriles is 4. The number of hydrogen-bond donors (Lipinski definition) is 0. The molecule has 0 spiro atoms. The van der Waals surface area contributed by atoms with Gasteiger partial charge in [-0.25, -0.2) is 0 Å². The normalized spacial score (nSPS) is 14.1. The zero-order chi connectivity index (χ0) is 62.9. The van der Waals surface area contributed by atoms with Crippen molar-refractivity contribution in [2.75, 3.05) is 0 Å². The second-order valence-corrected chi connectivity index (χ2v) is 29.0. The molecule has 0 fully saturated rings. The summed E-state index contributed by atoms with van der Waals surface area (Å²) in [4.78, 5) is 6.75. The Labute approximate surface area is 559 Å². The van der Waals surface area contributed by atoms with Crippen LogP contribution in [0.5, 0.6) is 0 Å². The van der Waals surface area contributed by atoms with E-state index in [0.29, 0.717) is 22.2 Å². The maximum absolute atomic E-state index is 9.58. The minimum atomic E-state index is -0.727. The second-order valence-electron chi connectivity index (χ2n) is 23.7.